The zero-order valence-electron chi connectivity index (χ0n) is 32.2. The Morgan fingerprint density at radius 2 is 1.07 bits per heavy atom. The summed E-state index contributed by atoms with van der Waals surface area (Å²) in [5, 5.41) is 19.7. The van der Waals surface area contributed by atoms with Crippen molar-refractivity contribution in [1.82, 2.24) is 21.3 Å². The highest BCUT2D eigenvalue weighted by molar-refractivity contribution is 5.96. The largest absolute Gasteiger partial charge is 0.481 e. The molecule has 4 aromatic rings. The molecule has 59 heavy (non-hydrogen) atoms. The highest BCUT2D eigenvalue weighted by Crippen LogP contribution is 2.44. The zero-order valence-corrected chi connectivity index (χ0v) is 32.2. The molecule has 0 unspecified atom stereocenters. The Balaban J connectivity index is 1.35. The fourth-order valence-electron chi connectivity index (χ4n) is 6.89. The SMILES string of the molecule is NC(=O)[C@H](CC(=O)O)NC(=O)[C@H](Cc1ccccc1)NC(=O)[C@H](Cc1ccccc1)NC(=O)[C@H](CCCN=C(N)N)NC(=O)OCC1c2ccccc2-c2ccccc21. The van der Waals surface area contributed by atoms with Gasteiger partial charge in [0.1, 0.15) is 30.8 Å². The van der Waals surface area contributed by atoms with Crippen molar-refractivity contribution in [2.75, 3.05) is 13.2 Å². The molecule has 0 aromatic heterocycles. The number of alkyl carbamates (subject to hydrolysis) is 1. The number of fused-ring (bicyclic) bond motifs is 3. The summed E-state index contributed by atoms with van der Waals surface area (Å²) in [6.07, 6.45) is -1.38. The summed E-state index contributed by atoms with van der Waals surface area (Å²) >= 11 is 0. The summed E-state index contributed by atoms with van der Waals surface area (Å²) in [4.78, 5) is 82.7. The molecule has 0 saturated heterocycles. The first-order valence-corrected chi connectivity index (χ1v) is 19.1. The third-order valence-electron chi connectivity index (χ3n) is 9.77. The smallest absolute Gasteiger partial charge is 0.407 e. The van der Waals surface area contributed by atoms with Crippen LogP contribution in [0.1, 0.15) is 47.4 Å². The molecule has 0 aliphatic heterocycles. The molecule has 11 N–H and O–H groups in total. The molecule has 16 nitrogen and oxygen atoms in total. The second-order valence-electron chi connectivity index (χ2n) is 14.0. The number of nitrogens with two attached hydrogens (primary N) is 3. The number of rotatable bonds is 20. The number of guanidine groups is 1. The minimum atomic E-state index is -1.56. The van der Waals surface area contributed by atoms with E-state index in [1.165, 1.54) is 0 Å². The molecule has 0 heterocycles. The van der Waals surface area contributed by atoms with Gasteiger partial charge in [0.25, 0.3) is 0 Å². The summed E-state index contributed by atoms with van der Waals surface area (Å²) in [5.74, 6) is -5.19. The predicted octanol–water partition coefficient (Wildman–Crippen LogP) is 1.85. The van der Waals surface area contributed by atoms with Gasteiger partial charge in [-0.25, -0.2) is 4.79 Å². The molecule has 5 rings (SSSR count). The zero-order chi connectivity index (χ0) is 42.3. The first-order valence-electron chi connectivity index (χ1n) is 19.1. The monoisotopic (exact) mass is 804 g/mol. The maximum atomic E-state index is 14.2. The average Bonchev–Trinajstić information content (AvgIpc) is 3.54. The standard InChI is InChI=1S/C43H48N8O8/c44-38(54)34(24-37(52)53)48-40(56)35(22-26-12-3-1-4-13-26)50-41(57)36(23-27-14-5-2-6-15-27)49-39(55)33(20-11-21-47-42(45)46)51-43(58)59-25-32-30-18-9-7-16-28(30)29-17-8-10-19-31(29)32/h1-10,12-19,32-36H,11,20-25H2,(H2,44,54)(H,48,56)(H,49,55)(H,50,57)(H,51,58)(H,52,53)(H4,45,46,47)/t33-,34-,35-,36-/m0/s1. The van der Waals surface area contributed by atoms with E-state index in [1.54, 1.807) is 60.7 Å². The van der Waals surface area contributed by atoms with E-state index in [9.17, 15) is 33.9 Å². The van der Waals surface area contributed by atoms with E-state index in [0.717, 1.165) is 22.3 Å². The summed E-state index contributed by atoms with van der Waals surface area (Å²) < 4.78 is 5.73. The van der Waals surface area contributed by atoms with E-state index >= 15 is 0 Å². The van der Waals surface area contributed by atoms with E-state index in [1.807, 2.05) is 48.5 Å². The van der Waals surface area contributed by atoms with Crippen LogP contribution in [0.3, 0.4) is 0 Å². The number of carboxylic acids is 1. The van der Waals surface area contributed by atoms with E-state index in [4.69, 9.17) is 21.9 Å². The minimum absolute atomic E-state index is 0.00478. The van der Waals surface area contributed by atoms with Gasteiger partial charge in [-0.3, -0.25) is 29.0 Å². The van der Waals surface area contributed by atoms with Crippen LogP contribution in [0.4, 0.5) is 4.79 Å². The number of amides is 5. The van der Waals surface area contributed by atoms with Crippen LogP contribution < -0.4 is 38.5 Å². The highest BCUT2D eigenvalue weighted by atomic mass is 16.5. The molecule has 5 amide bonds. The molecule has 1 aliphatic carbocycles. The lowest BCUT2D eigenvalue weighted by atomic mass is 9.98. The Morgan fingerprint density at radius 1 is 0.610 bits per heavy atom. The number of nitrogens with zero attached hydrogens (tertiary/aromatic N) is 1. The van der Waals surface area contributed by atoms with Gasteiger partial charge in [-0.1, -0.05) is 109 Å². The number of carboxylic acid groups (broad SMARTS) is 1. The van der Waals surface area contributed by atoms with Crippen molar-refractivity contribution in [3.8, 4) is 11.1 Å². The molecule has 4 aromatic carbocycles. The van der Waals surface area contributed by atoms with Gasteiger partial charge in [-0.05, 0) is 46.2 Å². The van der Waals surface area contributed by atoms with E-state index < -0.39 is 66.3 Å². The van der Waals surface area contributed by atoms with Gasteiger partial charge < -0.3 is 48.3 Å². The summed E-state index contributed by atoms with van der Waals surface area (Å²) in [5.41, 5.74) is 21.8. The Bertz CT molecular complexity index is 2100. The quantitative estimate of drug-likeness (QED) is 0.0365. The maximum Gasteiger partial charge on any atom is 0.407 e. The van der Waals surface area contributed by atoms with Crippen LogP contribution >= 0.6 is 0 Å². The maximum absolute atomic E-state index is 14.2. The first-order chi connectivity index (χ1) is 28.4. The van der Waals surface area contributed by atoms with Crippen LogP contribution in [0, 0.1) is 0 Å². The van der Waals surface area contributed by atoms with Crippen LogP contribution in [-0.4, -0.2) is 84.1 Å². The van der Waals surface area contributed by atoms with E-state index in [2.05, 4.69) is 26.3 Å². The number of nitrogens with one attached hydrogen (secondary N) is 4. The second-order valence-corrected chi connectivity index (χ2v) is 14.0. The lowest BCUT2D eigenvalue weighted by Crippen LogP contribution is -2.59. The van der Waals surface area contributed by atoms with Crippen LogP contribution in [0.2, 0.25) is 0 Å². The third kappa shape index (κ3) is 12.4. The van der Waals surface area contributed by atoms with E-state index in [-0.39, 0.29) is 50.7 Å². The molecule has 1 aliphatic rings. The van der Waals surface area contributed by atoms with Crippen molar-refractivity contribution >= 4 is 41.7 Å². The normalized spacial score (nSPS) is 13.6. The number of carbonyl (C=O) groups excluding carboxylic acids is 5. The third-order valence-corrected chi connectivity index (χ3v) is 9.77. The number of ether oxygens (including phenoxy) is 1. The Morgan fingerprint density at radius 3 is 1.54 bits per heavy atom. The lowest BCUT2D eigenvalue weighted by molar-refractivity contribution is -0.140. The molecule has 0 fully saturated rings. The van der Waals surface area contributed by atoms with Crippen molar-refractivity contribution in [3.05, 3.63) is 131 Å². The molecule has 0 saturated carbocycles. The van der Waals surface area contributed by atoms with Gasteiger partial charge in [-0.15, -0.1) is 0 Å². The van der Waals surface area contributed by atoms with Crippen molar-refractivity contribution < 1.29 is 38.6 Å². The fourth-order valence-corrected chi connectivity index (χ4v) is 6.89. The van der Waals surface area contributed by atoms with Gasteiger partial charge in [0, 0.05) is 25.3 Å². The van der Waals surface area contributed by atoms with Crippen molar-refractivity contribution in [1.29, 1.82) is 0 Å². The van der Waals surface area contributed by atoms with Gasteiger partial charge >= 0.3 is 12.1 Å². The molecule has 0 spiro atoms. The predicted molar refractivity (Wildman–Crippen MR) is 219 cm³/mol. The average molecular weight is 805 g/mol. The molecular weight excluding hydrogens is 757 g/mol. The van der Waals surface area contributed by atoms with Crippen LogP contribution in [-0.2, 0) is 41.6 Å². The summed E-state index contributed by atoms with van der Waals surface area (Å²) in [7, 11) is 0. The Hall–Kier alpha value is -7.23. The number of hydrogen-bond acceptors (Lipinski definition) is 8. The minimum Gasteiger partial charge on any atom is -0.481 e. The summed E-state index contributed by atoms with van der Waals surface area (Å²) in [6, 6.07) is 27.9. The molecule has 0 radical (unpaired) electrons. The van der Waals surface area contributed by atoms with Crippen LogP contribution in [0.5, 0.6) is 0 Å². The van der Waals surface area contributed by atoms with Crippen LogP contribution in [0.15, 0.2) is 114 Å². The highest BCUT2D eigenvalue weighted by Gasteiger charge is 2.33. The lowest BCUT2D eigenvalue weighted by Gasteiger charge is -2.26. The molecule has 16 heteroatoms. The number of benzene rings is 4. The van der Waals surface area contributed by atoms with Gasteiger partial charge in [0.05, 0.1) is 6.42 Å². The Kier molecular flexibility index (Phi) is 15.1. The van der Waals surface area contributed by atoms with Crippen molar-refractivity contribution in [2.45, 2.75) is 62.2 Å². The number of aliphatic imine (C=N–C) groups is 1. The van der Waals surface area contributed by atoms with E-state index in [0.29, 0.717) is 11.1 Å². The molecular formula is C43H48N8O8. The summed E-state index contributed by atoms with van der Waals surface area (Å²) in [6.45, 7) is 0.145. The topological polar surface area (TPSA) is 270 Å². The molecule has 4 atom stereocenters. The van der Waals surface area contributed by atoms with Gasteiger partial charge in [-0.2, -0.15) is 0 Å². The molecule has 308 valence electrons. The number of aliphatic carboxylic acids is 1. The number of carbonyl (C=O) groups is 6. The van der Waals surface area contributed by atoms with Crippen molar-refractivity contribution in [3.63, 3.8) is 0 Å². The number of primary amides is 1. The second kappa shape index (κ2) is 20.8. The number of hydrogen-bond donors (Lipinski definition) is 8. The first kappa shape index (κ1) is 42.9. The van der Waals surface area contributed by atoms with Gasteiger partial charge in [0.2, 0.25) is 23.6 Å². The van der Waals surface area contributed by atoms with Crippen molar-refractivity contribution in [2.24, 2.45) is 22.2 Å². The Labute approximate surface area is 341 Å². The fraction of sp³-hybridized carbons (Fsp3) is 0.279. The molecule has 0 bridgehead atoms. The van der Waals surface area contributed by atoms with Crippen LogP contribution in [0.25, 0.3) is 11.1 Å². The van der Waals surface area contributed by atoms with Gasteiger partial charge in [0.15, 0.2) is 5.96 Å².